The Balaban J connectivity index is 1.44. The first-order chi connectivity index (χ1) is 18.3. The summed E-state index contributed by atoms with van der Waals surface area (Å²) in [7, 11) is 0. The minimum absolute atomic E-state index is 0.510. The van der Waals surface area contributed by atoms with Gasteiger partial charge in [0.25, 0.3) is 0 Å². The summed E-state index contributed by atoms with van der Waals surface area (Å²) in [6.07, 6.45) is 1.35. The monoisotopic (exact) mass is 480 g/mol. The van der Waals surface area contributed by atoms with E-state index in [1.54, 1.807) is 6.92 Å². The molecule has 0 N–H and O–H groups in total. The number of nitrogens with zero attached hydrogens (tertiary/aromatic N) is 4. The van der Waals surface area contributed by atoms with E-state index in [4.69, 9.17) is 8.83 Å². The van der Waals surface area contributed by atoms with Crippen molar-refractivity contribution < 1.29 is 8.83 Å². The van der Waals surface area contributed by atoms with Crippen molar-refractivity contribution in [3.63, 3.8) is 0 Å². The molecule has 2 aromatic heterocycles. The molecule has 0 aliphatic rings. The van der Waals surface area contributed by atoms with Gasteiger partial charge < -0.3 is 8.83 Å². The van der Waals surface area contributed by atoms with Crippen LogP contribution in [0.5, 0.6) is 0 Å². The molecule has 0 bridgehead atoms. The standard InChI is InChI=1S/C31H20N4O2/c1-19-33-35-31(37-19)23-16-12-21(13-17-23)29-26-8-4-2-6-24(26)28(25-7-3-5-9-27(25)29)20-10-14-22(15-11-20)30-34-32-18-36-30/h2-18H,1H3. The molecule has 0 unspecified atom stereocenters. The van der Waals surface area contributed by atoms with Gasteiger partial charge in [0, 0.05) is 18.1 Å². The Morgan fingerprint density at radius 2 is 0.946 bits per heavy atom. The van der Waals surface area contributed by atoms with Crippen LogP contribution in [0.3, 0.4) is 0 Å². The Labute approximate surface area is 212 Å². The highest BCUT2D eigenvalue weighted by Crippen LogP contribution is 2.44. The van der Waals surface area contributed by atoms with Crippen LogP contribution in [0.4, 0.5) is 0 Å². The number of rotatable bonds is 4. The van der Waals surface area contributed by atoms with Crippen molar-refractivity contribution in [1.82, 2.24) is 20.4 Å². The number of aromatic nitrogens is 4. The van der Waals surface area contributed by atoms with E-state index in [1.807, 2.05) is 24.3 Å². The van der Waals surface area contributed by atoms with Crippen LogP contribution < -0.4 is 0 Å². The van der Waals surface area contributed by atoms with E-state index in [1.165, 1.54) is 39.1 Å². The largest absolute Gasteiger partial charge is 0.423 e. The smallest absolute Gasteiger partial charge is 0.247 e. The van der Waals surface area contributed by atoms with Crippen molar-refractivity contribution in [3.05, 3.63) is 109 Å². The van der Waals surface area contributed by atoms with Crippen LogP contribution in [0.1, 0.15) is 5.89 Å². The molecule has 0 saturated carbocycles. The summed E-state index contributed by atoms with van der Waals surface area (Å²) in [4.78, 5) is 0. The number of aryl methyl sites for hydroxylation is 1. The lowest BCUT2D eigenvalue weighted by Crippen LogP contribution is -1.91. The Bertz CT molecular complexity index is 1810. The van der Waals surface area contributed by atoms with Crippen molar-refractivity contribution in [2.45, 2.75) is 6.92 Å². The summed E-state index contributed by atoms with van der Waals surface area (Å²) >= 11 is 0. The van der Waals surface area contributed by atoms with Gasteiger partial charge in [-0.25, -0.2) is 0 Å². The second-order valence-corrected chi connectivity index (χ2v) is 8.87. The molecule has 2 heterocycles. The number of hydrogen-bond acceptors (Lipinski definition) is 6. The molecule has 7 rings (SSSR count). The molecule has 0 atom stereocenters. The zero-order chi connectivity index (χ0) is 24.8. The Morgan fingerprint density at radius 3 is 1.35 bits per heavy atom. The second kappa shape index (κ2) is 8.53. The van der Waals surface area contributed by atoms with Crippen LogP contribution in [-0.4, -0.2) is 20.4 Å². The van der Waals surface area contributed by atoms with Gasteiger partial charge in [-0.1, -0.05) is 72.8 Å². The molecule has 37 heavy (non-hydrogen) atoms. The molecule has 0 aliphatic carbocycles. The van der Waals surface area contributed by atoms with E-state index < -0.39 is 0 Å². The SMILES string of the molecule is Cc1nnc(-c2ccc(-c3c4ccccc4c(-c4ccc(-c5nnco5)cc4)c4ccccc34)cc2)o1. The molecule has 0 aliphatic heterocycles. The molecule has 0 spiro atoms. The highest BCUT2D eigenvalue weighted by molar-refractivity contribution is 6.21. The third-order valence-corrected chi connectivity index (χ3v) is 6.66. The number of fused-ring (bicyclic) bond motifs is 2. The lowest BCUT2D eigenvalue weighted by atomic mass is 9.85. The molecule has 7 aromatic rings. The third kappa shape index (κ3) is 3.58. The molecule has 6 heteroatoms. The lowest BCUT2D eigenvalue weighted by molar-refractivity contribution is 0.533. The molecular weight excluding hydrogens is 460 g/mol. The van der Waals surface area contributed by atoms with Crippen LogP contribution in [0.25, 0.3) is 66.7 Å². The second-order valence-electron chi connectivity index (χ2n) is 8.87. The fraction of sp³-hybridized carbons (Fsp3) is 0.0323. The molecule has 0 amide bonds. The summed E-state index contributed by atoms with van der Waals surface area (Å²) in [5, 5.41) is 20.7. The van der Waals surface area contributed by atoms with E-state index in [9.17, 15) is 0 Å². The van der Waals surface area contributed by atoms with Gasteiger partial charge in [-0.3, -0.25) is 0 Å². The summed E-state index contributed by atoms with van der Waals surface area (Å²) in [6, 6.07) is 33.8. The quantitative estimate of drug-likeness (QED) is 0.240. The average molecular weight is 481 g/mol. The number of hydrogen-bond donors (Lipinski definition) is 0. The predicted octanol–water partition coefficient (Wildman–Crippen LogP) is 7.74. The maximum atomic E-state index is 5.62. The molecule has 0 saturated heterocycles. The fourth-order valence-corrected chi connectivity index (χ4v) is 5.02. The zero-order valence-corrected chi connectivity index (χ0v) is 19.9. The molecule has 5 aromatic carbocycles. The Morgan fingerprint density at radius 1 is 0.486 bits per heavy atom. The lowest BCUT2D eigenvalue weighted by Gasteiger charge is -2.18. The average Bonchev–Trinajstić information content (AvgIpc) is 3.64. The van der Waals surface area contributed by atoms with Gasteiger partial charge in [0.1, 0.15) is 0 Å². The van der Waals surface area contributed by atoms with E-state index in [0.717, 1.165) is 22.3 Å². The van der Waals surface area contributed by atoms with Crippen LogP contribution in [0.15, 0.2) is 112 Å². The van der Waals surface area contributed by atoms with Gasteiger partial charge in [0.15, 0.2) is 0 Å². The van der Waals surface area contributed by atoms with Gasteiger partial charge in [0.2, 0.25) is 24.1 Å². The van der Waals surface area contributed by atoms with Gasteiger partial charge in [-0.05, 0) is 68.1 Å². The Hall–Kier alpha value is -5.10. The first-order valence-electron chi connectivity index (χ1n) is 12.0. The van der Waals surface area contributed by atoms with E-state index in [0.29, 0.717) is 17.7 Å². The zero-order valence-electron chi connectivity index (χ0n) is 19.9. The first kappa shape index (κ1) is 21.2. The van der Waals surface area contributed by atoms with Gasteiger partial charge in [-0.15, -0.1) is 20.4 Å². The van der Waals surface area contributed by atoms with E-state index in [2.05, 4.69) is 93.2 Å². The van der Waals surface area contributed by atoms with Crippen molar-refractivity contribution in [2.24, 2.45) is 0 Å². The van der Waals surface area contributed by atoms with Crippen LogP contribution >= 0.6 is 0 Å². The maximum Gasteiger partial charge on any atom is 0.247 e. The normalized spacial score (nSPS) is 11.4. The van der Waals surface area contributed by atoms with Crippen molar-refractivity contribution in [3.8, 4) is 45.2 Å². The molecule has 176 valence electrons. The maximum absolute atomic E-state index is 5.62. The summed E-state index contributed by atoms with van der Waals surface area (Å²) in [5.41, 5.74) is 6.45. The van der Waals surface area contributed by atoms with Gasteiger partial charge in [-0.2, -0.15) is 0 Å². The van der Waals surface area contributed by atoms with Crippen LogP contribution in [0.2, 0.25) is 0 Å². The summed E-state index contributed by atoms with van der Waals surface area (Å²) < 4.78 is 11.0. The molecular formula is C31H20N4O2. The van der Waals surface area contributed by atoms with Crippen LogP contribution in [-0.2, 0) is 0 Å². The summed E-state index contributed by atoms with van der Waals surface area (Å²) in [5.74, 6) is 1.59. The van der Waals surface area contributed by atoms with Gasteiger partial charge >= 0.3 is 0 Å². The van der Waals surface area contributed by atoms with Crippen molar-refractivity contribution >= 4 is 21.5 Å². The highest BCUT2D eigenvalue weighted by atomic mass is 16.4. The van der Waals surface area contributed by atoms with Crippen LogP contribution in [0, 0.1) is 6.92 Å². The van der Waals surface area contributed by atoms with E-state index in [-0.39, 0.29) is 0 Å². The fourth-order valence-electron chi connectivity index (χ4n) is 5.02. The molecule has 6 nitrogen and oxygen atoms in total. The van der Waals surface area contributed by atoms with Crippen molar-refractivity contribution in [2.75, 3.05) is 0 Å². The number of benzene rings is 5. The first-order valence-corrected chi connectivity index (χ1v) is 12.0. The topological polar surface area (TPSA) is 77.8 Å². The predicted molar refractivity (Wildman–Crippen MR) is 144 cm³/mol. The van der Waals surface area contributed by atoms with Gasteiger partial charge in [0.05, 0.1) is 0 Å². The summed E-state index contributed by atoms with van der Waals surface area (Å²) in [6.45, 7) is 1.79. The molecule has 0 radical (unpaired) electrons. The Kier molecular flexibility index (Phi) is 4.89. The van der Waals surface area contributed by atoms with E-state index >= 15 is 0 Å². The highest BCUT2D eigenvalue weighted by Gasteiger charge is 2.17. The minimum atomic E-state index is 0.510. The van der Waals surface area contributed by atoms with Crippen molar-refractivity contribution in [1.29, 1.82) is 0 Å². The third-order valence-electron chi connectivity index (χ3n) is 6.66. The molecule has 0 fully saturated rings. The minimum Gasteiger partial charge on any atom is -0.423 e.